The number of rotatable bonds is 5. The lowest BCUT2D eigenvalue weighted by Gasteiger charge is -2.06. The number of carbonyl (C=O) groups is 1. The number of methoxy groups -OCH3 is 1. The van der Waals surface area contributed by atoms with E-state index < -0.39 is 0 Å². The molecule has 4 rings (SSSR count). The normalized spacial score (nSPS) is 10.8. The van der Waals surface area contributed by atoms with E-state index in [-0.39, 0.29) is 5.91 Å². The van der Waals surface area contributed by atoms with Crippen molar-refractivity contribution in [3.8, 4) is 5.75 Å². The van der Waals surface area contributed by atoms with E-state index in [0.717, 1.165) is 26.9 Å². The molecule has 1 aromatic heterocycles. The van der Waals surface area contributed by atoms with Crippen LogP contribution in [0.25, 0.3) is 10.9 Å². The summed E-state index contributed by atoms with van der Waals surface area (Å²) in [6.07, 6.45) is 1.95. The van der Waals surface area contributed by atoms with Crippen LogP contribution in [-0.4, -0.2) is 22.8 Å². The smallest absolute Gasteiger partial charge is 0.257 e. The van der Waals surface area contributed by atoms with Crippen molar-refractivity contribution in [3.05, 3.63) is 88.5 Å². The first-order chi connectivity index (χ1) is 13.6. The quantitative estimate of drug-likeness (QED) is 0.473. The molecule has 0 radical (unpaired) electrons. The van der Waals surface area contributed by atoms with Gasteiger partial charge in [-0.25, -0.2) is 0 Å². The Morgan fingerprint density at radius 2 is 1.86 bits per heavy atom. The lowest BCUT2D eigenvalue weighted by Crippen LogP contribution is -2.12. The van der Waals surface area contributed by atoms with Crippen LogP contribution in [0.2, 0.25) is 0 Å². The largest absolute Gasteiger partial charge is 0.497 e. The number of hydrogen-bond acceptors (Lipinski definition) is 3. The molecular weight excluding hydrogens is 418 g/mol. The zero-order valence-electron chi connectivity index (χ0n) is 15.2. The number of benzene rings is 3. The maximum Gasteiger partial charge on any atom is 0.257 e. The van der Waals surface area contributed by atoms with Crippen molar-refractivity contribution in [1.29, 1.82) is 0 Å². The Bertz CT molecular complexity index is 1120. The number of carbonyl (C=O) groups excluding carboxylic acids is 1. The highest BCUT2D eigenvalue weighted by atomic mass is 79.9. The summed E-state index contributed by atoms with van der Waals surface area (Å²) in [7, 11) is 1.65. The molecule has 0 saturated carbocycles. The highest BCUT2D eigenvalue weighted by molar-refractivity contribution is 9.10. The Kier molecular flexibility index (Phi) is 5.12. The Labute approximate surface area is 171 Å². The van der Waals surface area contributed by atoms with Crippen molar-refractivity contribution in [2.45, 2.75) is 6.54 Å². The third kappa shape index (κ3) is 3.92. The third-order valence-electron chi connectivity index (χ3n) is 4.40. The van der Waals surface area contributed by atoms with E-state index in [0.29, 0.717) is 17.6 Å². The Balaban J connectivity index is 1.64. The summed E-state index contributed by atoms with van der Waals surface area (Å²) in [6, 6.07) is 21.0. The van der Waals surface area contributed by atoms with Gasteiger partial charge in [-0.3, -0.25) is 9.48 Å². The molecule has 1 amide bonds. The summed E-state index contributed by atoms with van der Waals surface area (Å²) in [5.74, 6) is 0.630. The van der Waals surface area contributed by atoms with Gasteiger partial charge in [-0.15, -0.1) is 0 Å². The van der Waals surface area contributed by atoms with Crippen LogP contribution in [0.1, 0.15) is 15.9 Å². The average Bonchev–Trinajstić information content (AvgIpc) is 3.10. The van der Waals surface area contributed by atoms with E-state index in [9.17, 15) is 4.79 Å². The van der Waals surface area contributed by atoms with Gasteiger partial charge in [-0.05, 0) is 42.0 Å². The Hall–Kier alpha value is -3.12. The van der Waals surface area contributed by atoms with Gasteiger partial charge in [0.05, 0.1) is 19.2 Å². The molecule has 0 saturated heterocycles. The second-order valence-corrected chi connectivity index (χ2v) is 7.30. The number of amides is 1. The molecule has 0 spiro atoms. The van der Waals surface area contributed by atoms with Crippen LogP contribution in [0, 0.1) is 0 Å². The topological polar surface area (TPSA) is 56.1 Å². The molecule has 0 bridgehead atoms. The summed E-state index contributed by atoms with van der Waals surface area (Å²) in [6.45, 7) is 0.607. The van der Waals surface area contributed by atoms with Gasteiger partial charge in [0.15, 0.2) is 0 Å². The lowest BCUT2D eigenvalue weighted by atomic mass is 10.1. The minimum atomic E-state index is -0.188. The molecule has 140 valence electrons. The molecule has 0 unspecified atom stereocenters. The van der Waals surface area contributed by atoms with Crippen molar-refractivity contribution < 1.29 is 9.53 Å². The van der Waals surface area contributed by atoms with Crippen molar-refractivity contribution in [2.24, 2.45) is 0 Å². The van der Waals surface area contributed by atoms with Crippen LogP contribution in [0.5, 0.6) is 5.75 Å². The second-order valence-electron chi connectivity index (χ2n) is 6.39. The predicted octanol–water partition coefficient (Wildman–Crippen LogP) is 5.11. The molecule has 3 aromatic carbocycles. The molecule has 0 aliphatic heterocycles. The van der Waals surface area contributed by atoms with Crippen molar-refractivity contribution in [1.82, 2.24) is 9.78 Å². The minimum Gasteiger partial charge on any atom is -0.497 e. The number of hydrogen-bond donors (Lipinski definition) is 1. The summed E-state index contributed by atoms with van der Waals surface area (Å²) in [5.41, 5.74) is 3.05. The van der Waals surface area contributed by atoms with Crippen molar-refractivity contribution >= 4 is 38.4 Å². The van der Waals surface area contributed by atoms with E-state index in [2.05, 4.69) is 26.3 Å². The van der Waals surface area contributed by atoms with Gasteiger partial charge in [0, 0.05) is 21.7 Å². The van der Waals surface area contributed by atoms with E-state index in [1.807, 2.05) is 71.5 Å². The van der Waals surface area contributed by atoms with Gasteiger partial charge in [-0.2, -0.15) is 5.10 Å². The average molecular weight is 436 g/mol. The Morgan fingerprint density at radius 1 is 1.11 bits per heavy atom. The first-order valence-corrected chi connectivity index (χ1v) is 9.58. The number of aromatic nitrogens is 2. The fourth-order valence-corrected chi connectivity index (χ4v) is 3.52. The maximum atomic E-state index is 12.8. The number of para-hydroxylation sites is 1. The molecule has 0 fully saturated rings. The van der Waals surface area contributed by atoms with Gasteiger partial charge >= 0.3 is 0 Å². The van der Waals surface area contributed by atoms with Crippen molar-refractivity contribution in [3.63, 3.8) is 0 Å². The number of nitrogens with zero attached hydrogens (tertiary/aromatic N) is 2. The molecular formula is C22H18BrN3O2. The summed E-state index contributed by atoms with van der Waals surface area (Å²) >= 11 is 3.50. The second kappa shape index (κ2) is 7.86. The molecule has 28 heavy (non-hydrogen) atoms. The van der Waals surface area contributed by atoms with Gasteiger partial charge in [-0.1, -0.05) is 46.3 Å². The molecule has 0 atom stereocenters. The van der Waals surface area contributed by atoms with Gasteiger partial charge < -0.3 is 10.1 Å². The van der Waals surface area contributed by atoms with Crippen LogP contribution in [0.4, 0.5) is 5.69 Å². The molecule has 0 aliphatic carbocycles. The minimum absolute atomic E-state index is 0.188. The van der Waals surface area contributed by atoms with E-state index in [4.69, 9.17) is 4.74 Å². The zero-order chi connectivity index (χ0) is 19.5. The number of nitrogens with one attached hydrogen (secondary N) is 1. The first kappa shape index (κ1) is 18.3. The molecule has 6 heteroatoms. The fourth-order valence-electron chi connectivity index (χ4n) is 3.04. The van der Waals surface area contributed by atoms with Crippen LogP contribution in [0.15, 0.2) is 77.4 Å². The van der Waals surface area contributed by atoms with E-state index in [1.165, 1.54) is 0 Å². The molecule has 4 aromatic rings. The number of halogens is 1. The molecule has 5 nitrogen and oxygen atoms in total. The highest BCUT2D eigenvalue weighted by Crippen LogP contribution is 2.25. The monoisotopic (exact) mass is 435 g/mol. The number of anilines is 1. The number of fused-ring (bicyclic) bond motifs is 1. The van der Waals surface area contributed by atoms with Crippen LogP contribution < -0.4 is 10.1 Å². The lowest BCUT2D eigenvalue weighted by molar-refractivity contribution is 0.102. The van der Waals surface area contributed by atoms with Crippen LogP contribution >= 0.6 is 15.9 Å². The third-order valence-corrected chi connectivity index (χ3v) is 4.86. The van der Waals surface area contributed by atoms with Crippen molar-refractivity contribution in [2.75, 3.05) is 12.4 Å². The van der Waals surface area contributed by atoms with Gasteiger partial charge in [0.2, 0.25) is 0 Å². The van der Waals surface area contributed by atoms with Gasteiger partial charge in [0.25, 0.3) is 5.91 Å². The molecule has 0 aliphatic rings. The van der Waals surface area contributed by atoms with Gasteiger partial charge in [0.1, 0.15) is 11.3 Å². The summed E-state index contributed by atoms with van der Waals surface area (Å²) in [4.78, 5) is 12.8. The predicted molar refractivity (Wildman–Crippen MR) is 114 cm³/mol. The van der Waals surface area contributed by atoms with Crippen LogP contribution in [-0.2, 0) is 6.54 Å². The first-order valence-electron chi connectivity index (χ1n) is 8.78. The standard InChI is InChI=1S/C22H18BrN3O2/c1-28-19-9-7-15(8-10-19)13-26-14-16-11-17(23)12-20(21(16)25-26)22(27)24-18-5-3-2-4-6-18/h2-12,14H,13H2,1H3,(H,24,27). The maximum absolute atomic E-state index is 12.8. The Morgan fingerprint density at radius 3 is 2.57 bits per heavy atom. The van der Waals surface area contributed by atoms with Crippen LogP contribution in [0.3, 0.4) is 0 Å². The number of ether oxygens (including phenoxy) is 1. The van der Waals surface area contributed by atoms with E-state index >= 15 is 0 Å². The van der Waals surface area contributed by atoms with E-state index in [1.54, 1.807) is 13.2 Å². The molecule has 1 N–H and O–H groups in total. The SMILES string of the molecule is COc1ccc(Cn2cc3cc(Br)cc(C(=O)Nc4ccccc4)c3n2)cc1. The fraction of sp³-hybridized carbons (Fsp3) is 0.0909. The summed E-state index contributed by atoms with van der Waals surface area (Å²) in [5, 5.41) is 8.49. The summed E-state index contributed by atoms with van der Waals surface area (Å²) < 4.78 is 7.88. The molecule has 1 heterocycles. The zero-order valence-corrected chi connectivity index (χ0v) is 16.8. The highest BCUT2D eigenvalue weighted by Gasteiger charge is 2.15.